The van der Waals surface area contributed by atoms with E-state index in [9.17, 15) is 5.11 Å². The maximum Gasteiger partial charge on any atom is 0.220 e. The molecule has 0 saturated carbocycles. The Bertz CT molecular complexity index is 1160. The summed E-state index contributed by atoms with van der Waals surface area (Å²) in [6.07, 6.45) is 4.48. The van der Waals surface area contributed by atoms with Crippen LogP contribution in [0.1, 0.15) is 48.4 Å². The number of aryl methyl sites for hydroxylation is 1. The molecule has 2 aliphatic rings. The molecule has 3 unspecified atom stereocenters. The Morgan fingerprint density at radius 2 is 1.93 bits per heavy atom. The maximum atomic E-state index is 10.2. The Labute approximate surface area is 178 Å². The molecule has 0 fully saturated rings. The number of pyridine rings is 1. The summed E-state index contributed by atoms with van der Waals surface area (Å²) in [7, 11) is 1.75. The molecule has 1 aliphatic heterocycles. The molecule has 0 radical (unpaired) electrons. The number of rotatable bonds is 4. The zero-order valence-corrected chi connectivity index (χ0v) is 18.2. The van der Waals surface area contributed by atoms with Crippen LogP contribution in [0.5, 0.6) is 0 Å². The molecule has 154 valence electrons. The van der Waals surface area contributed by atoms with Crippen LogP contribution in [0.25, 0.3) is 22.0 Å². The van der Waals surface area contributed by atoms with Crippen molar-refractivity contribution in [2.75, 3.05) is 20.3 Å². The van der Waals surface area contributed by atoms with Gasteiger partial charge in [0, 0.05) is 13.2 Å². The van der Waals surface area contributed by atoms with Gasteiger partial charge >= 0.3 is 0 Å². The van der Waals surface area contributed by atoms with Crippen LogP contribution in [-0.4, -0.2) is 25.4 Å². The Morgan fingerprint density at radius 3 is 2.67 bits per heavy atom. The van der Waals surface area contributed by atoms with Gasteiger partial charge in [0.15, 0.2) is 12.2 Å². The van der Waals surface area contributed by atoms with Crippen molar-refractivity contribution in [3.8, 4) is 11.3 Å². The summed E-state index contributed by atoms with van der Waals surface area (Å²) in [4.78, 5) is 0. The number of hydrogen-bond donors (Lipinski definition) is 1. The van der Waals surface area contributed by atoms with Gasteiger partial charge in [-0.15, -0.1) is 0 Å². The molecule has 1 aliphatic carbocycles. The molecule has 3 heteroatoms. The summed E-state index contributed by atoms with van der Waals surface area (Å²) in [5.41, 5.74) is 7.84. The summed E-state index contributed by atoms with van der Waals surface area (Å²) in [5.74, 6) is 0.833. The van der Waals surface area contributed by atoms with Crippen molar-refractivity contribution in [3.63, 3.8) is 0 Å². The SMILES string of the molecule is COCC1=CC(CO)C2C1c1ccc(C)cc1-c1c3ccc(C(C)C)cc3cc[n+]12. The van der Waals surface area contributed by atoms with E-state index in [2.05, 4.69) is 80.1 Å². The second kappa shape index (κ2) is 7.33. The third-order valence-corrected chi connectivity index (χ3v) is 6.92. The summed E-state index contributed by atoms with van der Waals surface area (Å²) in [5, 5.41) is 12.8. The minimum absolute atomic E-state index is 0.0886. The fraction of sp³-hybridized carbons (Fsp3) is 0.370. The number of aromatic nitrogens is 1. The highest BCUT2D eigenvalue weighted by molar-refractivity contribution is 5.94. The summed E-state index contributed by atoms with van der Waals surface area (Å²) < 4.78 is 7.96. The first-order valence-electron chi connectivity index (χ1n) is 10.9. The van der Waals surface area contributed by atoms with E-state index in [0.29, 0.717) is 12.5 Å². The van der Waals surface area contributed by atoms with Gasteiger partial charge in [0.1, 0.15) is 0 Å². The Morgan fingerprint density at radius 1 is 1.10 bits per heavy atom. The number of ether oxygens (including phenoxy) is 1. The van der Waals surface area contributed by atoms with Crippen molar-refractivity contribution in [2.24, 2.45) is 5.92 Å². The van der Waals surface area contributed by atoms with Gasteiger partial charge in [-0.2, -0.15) is 4.57 Å². The van der Waals surface area contributed by atoms with E-state index in [1.54, 1.807) is 7.11 Å². The first kappa shape index (κ1) is 19.5. The second-order valence-electron chi connectivity index (χ2n) is 9.15. The lowest BCUT2D eigenvalue weighted by molar-refractivity contribution is -0.720. The quantitative estimate of drug-likeness (QED) is 0.491. The van der Waals surface area contributed by atoms with Gasteiger partial charge in [0.2, 0.25) is 5.69 Å². The summed E-state index contributed by atoms with van der Waals surface area (Å²) >= 11 is 0. The van der Waals surface area contributed by atoms with Gasteiger partial charge in [-0.05, 0) is 47.1 Å². The van der Waals surface area contributed by atoms with Crippen molar-refractivity contribution >= 4 is 10.8 Å². The molecule has 2 heterocycles. The van der Waals surface area contributed by atoms with Gasteiger partial charge in [-0.1, -0.05) is 49.8 Å². The van der Waals surface area contributed by atoms with Crippen molar-refractivity contribution < 1.29 is 14.4 Å². The lowest BCUT2D eigenvalue weighted by Gasteiger charge is -2.30. The van der Waals surface area contributed by atoms with Crippen LogP contribution >= 0.6 is 0 Å². The van der Waals surface area contributed by atoms with Crippen LogP contribution in [0.2, 0.25) is 0 Å². The van der Waals surface area contributed by atoms with Crippen LogP contribution in [-0.2, 0) is 4.74 Å². The van der Waals surface area contributed by atoms with E-state index in [1.807, 2.05) is 0 Å². The number of aliphatic hydroxyl groups is 1. The minimum atomic E-state index is 0.0886. The van der Waals surface area contributed by atoms with Crippen molar-refractivity contribution in [3.05, 3.63) is 77.0 Å². The number of aliphatic hydroxyl groups excluding tert-OH is 1. The van der Waals surface area contributed by atoms with Crippen LogP contribution in [0.15, 0.2) is 60.3 Å². The number of methoxy groups -OCH3 is 1. The predicted molar refractivity (Wildman–Crippen MR) is 121 cm³/mol. The van der Waals surface area contributed by atoms with Gasteiger partial charge < -0.3 is 9.84 Å². The molecule has 2 aromatic carbocycles. The topological polar surface area (TPSA) is 33.3 Å². The van der Waals surface area contributed by atoms with Crippen molar-refractivity contribution in [1.29, 1.82) is 0 Å². The van der Waals surface area contributed by atoms with E-state index in [0.717, 1.165) is 0 Å². The first-order chi connectivity index (χ1) is 14.5. The number of benzene rings is 2. The monoisotopic (exact) mass is 400 g/mol. The first-order valence-corrected chi connectivity index (χ1v) is 10.9. The molecule has 1 N–H and O–H groups in total. The smallest absolute Gasteiger partial charge is 0.220 e. The van der Waals surface area contributed by atoms with E-state index in [-0.39, 0.29) is 24.5 Å². The van der Waals surface area contributed by atoms with Gasteiger partial charge in [0.25, 0.3) is 0 Å². The van der Waals surface area contributed by atoms with E-state index in [1.165, 1.54) is 44.3 Å². The maximum absolute atomic E-state index is 10.2. The normalized spacial score (nSPS) is 22.1. The zero-order chi connectivity index (χ0) is 21.0. The van der Waals surface area contributed by atoms with E-state index >= 15 is 0 Å². The lowest BCUT2D eigenvalue weighted by Crippen LogP contribution is -2.49. The highest BCUT2D eigenvalue weighted by atomic mass is 16.5. The van der Waals surface area contributed by atoms with E-state index < -0.39 is 0 Å². The fourth-order valence-corrected chi connectivity index (χ4v) is 5.51. The molecule has 3 aromatic rings. The molecule has 1 aromatic heterocycles. The van der Waals surface area contributed by atoms with Crippen molar-refractivity contribution in [1.82, 2.24) is 0 Å². The molecule has 3 nitrogen and oxygen atoms in total. The average molecular weight is 401 g/mol. The van der Waals surface area contributed by atoms with Crippen molar-refractivity contribution in [2.45, 2.75) is 38.6 Å². The number of nitrogens with zero attached hydrogens (tertiary/aromatic N) is 1. The second-order valence-corrected chi connectivity index (χ2v) is 9.15. The fourth-order valence-electron chi connectivity index (χ4n) is 5.51. The Balaban J connectivity index is 1.81. The predicted octanol–water partition coefficient (Wildman–Crippen LogP) is 5.06. The molecule has 0 saturated heterocycles. The molecule has 5 rings (SSSR count). The van der Waals surface area contributed by atoms with E-state index in [4.69, 9.17) is 4.74 Å². The molecule has 0 amide bonds. The molecule has 30 heavy (non-hydrogen) atoms. The summed E-state index contributed by atoms with van der Waals surface area (Å²) in [6, 6.07) is 16.1. The Kier molecular flexibility index (Phi) is 4.76. The van der Waals surface area contributed by atoms with Crippen LogP contribution < -0.4 is 4.57 Å². The van der Waals surface area contributed by atoms with Crippen LogP contribution in [0, 0.1) is 12.8 Å². The molecule has 3 atom stereocenters. The highest BCUT2D eigenvalue weighted by Crippen LogP contribution is 2.51. The summed E-state index contributed by atoms with van der Waals surface area (Å²) in [6.45, 7) is 7.39. The van der Waals surface area contributed by atoms with Crippen LogP contribution in [0.3, 0.4) is 0 Å². The van der Waals surface area contributed by atoms with Gasteiger partial charge in [-0.3, -0.25) is 0 Å². The van der Waals surface area contributed by atoms with Gasteiger partial charge in [0.05, 0.1) is 36.0 Å². The minimum Gasteiger partial charge on any atom is -0.395 e. The molecule has 0 bridgehead atoms. The Hall–Kier alpha value is -2.49. The third kappa shape index (κ3) is 2.84. The lowest BCUT2D eigenvalue weighted by atomic mass is 9.78. The highest BCUT2D eigenvalue weighted by Gasteiger charge is 2.49. The molecular weight excluding hydrogens is 370 g/mol. The van der Waals surface area contributed by atoms with Crippen LogP contribution in [0.4, 0.5) is 0 Å². The zero-order valence-electron chi connectivity index (χ0n) is 18.2. The number of fused-ring (bicyclic) bond motifs is 8. The van der Waals surface area contributed by atoms with Gasteiger partial charge in [-0.25, -0.2) is 0 Å². The standard InChI is InChI=1S/C27H30NO2/c1-16(2)18-6-8-22-19(12-18)9-10-28-26-20(14-29)13-21(15-30-4)25(26)23-7-5-17(3)11-24(23)27(22)28/h5-13,16,20,25-26,29H,14-15H2,1-4H3/q+1. The average Bonchev–Trinajstić information content (AvgIpc) is 3.11. The largest absolute Gasteiger partial charge is 0.395 e. The molecular formula is C27H30NO2+. The number of hydrogen-bond acceptors (Lipinski definition) is 2. The molecule has 0 spiro atoms. The third-order valence-electron chi connectivity index (χ3n) is 6.92.